The maximum absolute atomic E-state index is 13.3. The Kier molecular flexibility index (Phi) is 4.55. The summed E-state index contributed by atoms with van der Waals surface area (Å²) in [5.41, 5.74) is 2.09. The number of para-hydroxylation sites is 1. The third-order valence-electron chi connectivity index (χ3n) is 6.23. The van der Waals surface area contributed by atoms with Gasteiger partial charge in [0.15, 0.2) is 0 Å². The molecule has 2 aromatic heterocycles. The third-order valence-corrected chi connectivity index (χ3v) is 6.23. The molecule has 28 heavy (non-hydrogen) atoms. The number of fused-ring (bicyclic) bond motifs is 1. The molecule has 0 spiro atoms. The molecule has 1 saturated heterocycles. The van der Waals surface area contributed by atoms with E-state index in [2.05, 4.69) is 25.7 Å². The number of imidazole rings is 1. The highest BCUT2D eigenvalue weighted by Gasteiger charge is 2.29. The Balaban J connectivity index is 1.37. The fourth-order valence-corrected chi connectivity index (χ4v) is 4.50. The number of amides is 1. The molecule has 6 heteroatoms. The van der Waals surface area contributed by atoms with Gasteiger partial charge in [-0.15, -0.1) is 0 Å². The number of aromatic nitrogens is 4. The van der Waals surface area contributed by atoms with Crippen molar-refractivity contribution >= 4 is 16.9 Å². The minimum absolute atomic E-state index is 0.0490. The molecule has 144 valence electrons. The van der Waals surface area contributed by atoms with Gasteiger partial charge in [0.05, 0.1) is 11.1 Å². The van der Waals surface area contributed by atoms with Crippen LogP contribution in [-0.4, -0.2) is 43.4 Å². The van der Waals surface area contributed by atoms with Gasteiger partial charge in [-0.1, -0.05) is 12.5 Å². The van der Waals surface area contributed by atoms with Gasteiger partial charge in [0.2, 0.25) is 0 Å². The third kappa shape index (κ3) is 3.17. The molecule has 3 heterocycles. The number of likely N-dealkylation sites (tertiary alicyclic amines) is 1. The fourth-order valence-electron chi connectivity index (χ4n) is 4.50. The Hall–Kier alpha value is -2.76. The molecule has 5 rings (SSSR count). The van der Waals surface area contributed by atoms with Crippen LogP contribution >= 0.6 is 0 Å². The SMILES string of the molecule is O=C(c1cccc2nccnc12)N1CCCC(c2nccn2CC2CCC2)C1. The number of carbonyl (C=O) groups excluding carboxylic acids is 1. The summed E-state index contributed by atoms with van der Waals surface area (Å²) in [5, 5.41) is 0. The van der Waals surface area contributed by atoms with E-state index < -0.39 is 0 Å². The molecule has 3 aromatic rings. The van der Waals surface area contributed by atoms with E-state index in [-0.39, 0.29) is 5.91 Å². The van der Waals surface area contributed by atoms with Gasteiger partial charge >= 0.3 is 0 Å². The Morgan fingerprint density at radius 1 is 1.04 bits per heavy atom. The maximum Gasteiger partial charge on any atom is 0.256 e. The average Bonchev–Trinajstić information content (AvgIpc) is 3.18. The highest BCUT2D eigenvalue weighted by atomic mass is 16.2. The molecule has 1 aromatic carbocycles. The van der Waals surface area contributed by atoms with Gasteiger partial charge in [-0.25, -0.2) is 4.98 Å². The Morgan fingerprint density at radius 3 is 2.79 bits per heavy atom. The summed E-state index contributed by atoms with van der Waals surface area (Å²) in [6, 6.07) is 5.65. The summed E-state index contributed by atoms with van der Waals surface area (Å²) in [5.74, 6) is 2.28. The monoisotopic (exact) mass is 375 g/mol. The van der Waals surface area contributed by atoms with Crippen molar-refractivity contribution in [3.05, 3.63) is 54.4 Å². The first-order chi connectivity index (χ1) is 13.8. The van der Waals surface area contributed by atoms with Gasteiger partial charge in [-0.05, 0) is 43.7 Å². The molecule has 0 bridgehead atoms. The van der Waals surface area contributed by atoms with E-state index in [1.807, 2.05) is 29.3 Å². The van der Waals surface area contributed by atoms with E-state index in [0.29, 0.717) is 17.0 Å². The average molecular weight is 375 g/mol. The Labute approximate surface area is 164 Å². The van der Waals surface area contributed by atoms with Crippen molar-refractivity contribution < 1.29 is 4.79 Å². The molecule has 2 aliphatic rings. The predicted molar refractivity (Wildman–Crippen MR) is 107 cm³/mol. The number of rotatable bonds is 4. The van der Waals surface area contributed by atoms with Crippen LogP contribution in [0.5, 0.6) is 0 Å². The minimum atomic E-state index is 0.0490. The van der Waals surface area contributed by atoms with Gasteiger partial charge < -0.3 is 9.47 Å². The Bertz CT molecular complexity index is 988. The lowest BCUT2D eigenvalue weighted by Gasteiger charge is -2.34. The standard InChI is InChI=1S/C22H25N5O/c28-22(18-7-2-8-19-20(18)24-10-9-23-19)27-12-3-6-17(15-27)21-25-11-13-26(21)14-16-4-1-5-16/h2,7-11,13,16-17H,1,3-6,12,14-15H2. The first kappa shape index (κ1) is 17.3. The quantitative estimate of drug-likeness (QED) is 0.698. The van der Waals surface area contributed by atoms with Crippen LogP contribution in [0.15, 0.2) is 43.0 Å². The first-order valence-electron chi connectivity index (χ1n) is 10.3. The molecule has 6 nitrogen and oxygen atoms in total. The van der Waals surface area contributed by atoms with Crippen molar-refractivity contribution in [3.63, 3.8) is 0 Å². The van der Waals surface area contributed by atoms with Crippen molar-refractivity contribution in [2.45, 2.75) is 44.6 Å². The van der Waals surface area contributed by atoms with Crippen LogP contribution in [-0.2, 0) is 6.54 Å². The van der Waals surface area contributed by atoms with Crippen LogP contribution in [0.25, 0.3) is 11.0 Å². The zero-order chi connectivity index (χ0) is 18.9. The van der Waals surface area contributed by atoms with Crippen molar-refractivity contribution in [2.24, 2.45) is 5.92 Å². The molecular weight excluding hydrogens is 350 g/mol. The molecule has 1 atom stereocenters. The molecule has 0 N–H and O–H groups in total. The zero-order valence-electron chi connectivity index (χ0n) is 16.0. The van der Waals surface area contributed by atoms with Gasteiger partial charge in [0, 0.05) is 50.3 Å². The van der Waals surface area contributed by atoms with E-state index in [4.69, 9.17) is 0 Å². The number of hydrogen-bond donors (Lipinski definition) is 0. The molecule has 2 fully saturated rings. The molecule has 1 aliphatic heterocycles. The van der Waals surface area contributed by atoms with Crippen LogP contribution in [0.1, 0.15) is 54.2 Å². The zero-order valence-corrected chi connectivity index (χ0v) is 16.0. The second kappa shape index (κ2) is 7.34. The van der Waals surface area contributed by atoms with Gasteiger partial charge in [0.1, 0.15) is 11.3 Å². The lowest BCUT2D eigenvalue weighted by atomic mass is 9.85. The summed E-state index contributed by atoms with van der Waals surface area (Å²) in [4.78, 5) is 28.7. The van der Waals surface area contributed by atoms with Crippen LogP contribution in [0.4, 0.5) is 0 Å². The molecule has 1 amide bonds. The van der Waals surface area contributed by atoms with Gasteiger partial charge in [-0.3, -0.25) is 14.8 Å². The second-order valence-corrected chi connectivity index (χ2v) is 8.05. The number of piperidine rings is 1. The molecular formula is C22H25N5O. The van der Waals surface area contributed by atoms with E-state index in [1.165, 1.54) is 19.3 Å². The van der Waals surface area contributed by atoms with Crippen LogP contribution in [0, 0.1) is 5.92 Å². The van der Waals surface area contributed by atoms with Gasteiger partial charge in [0.25, 0.3) is 5.91 Å². The van der Waals surface area contributed by atoms with Crippen LogP contribution in [0.2, 0.25) is 0 Å². The van der Waals surface area contributed by atoms with Crippen molar-refractivity contribution in [1.29, 1.82) is 0 Å². The summed E-state index contributed by atoms with van der Waals surface area (Å²) in [6.07, 6.45) is 13.4. The second-order valence-electron chi connectivity index (χ2n) is 8.05. The molecule has 1 saturated carbocycles. The topological polar surface area (TPSA) is 63.9 Å². The first-order valence-corrected chi connectivity index (χ1v) is 10.3. The highest BCUT2D eigenvalue weighted by molar-refractivity contribution is 6.04. The van der Waals surface area contributed by atoms with E-state index >= 15 is 0 Å². The van der Waals surface area contributed by atoms with E-state index in [1.54, 1.807) is 12.4 Å². The minimum Gasteiger partial charge on any atom is -0.338 e. The molecule has 0 radical (unpaired) electrons. The maximum atomic E-state index is 13.3. The largest absolute Gasteiger partial charge is 0.338 e. The van der Waals surface area contributed by atoms with Crippen LogP contribution in [0.3, 0.4) is 0 Å². The fraction of sp³-hybridized carbons (Fsp3) is 0.455. The lowest BCUT2D eigenvalue weighted by Crippen LogP contribution is -2.40. The number of nitrogens with zero attached hydrogens (tertiary/aromatic N) is 5. The summed E-state index contributed by atoms with van der Waals surface area (Å²) >= 11 is 0. The van der Waals surface area contributed by atoms with E-state index in [9.17, 15) is 4.79 Å². The molecule has 1 aliphatic carbocycles. The van der Waals surface area contributed by atoms with Gasteiger partial charge in [-0.2, -0.15) is 0 Å². The predicted octanol–water partition coefficient (Wildman–Crippen LogP) is 3.65. The summed E-state index contributed by atoms with van der Waals surface area (Å²) in [6.45, 7) is 2.57. The Morgan fingerprint density at radius 2 is 1.93 bits per heavy atom. The number of hydrogen-bond acceptors (Lipinski definition) is 4. The van der Waals surface area contributed by atoms with Crippen molar-refractivity contribution in [2.75, 3.05) is 13.1 Å². The summed E-state index contributed by atoms with van der Waals surface area (Å²) in [7, 11) is 0. The van der Waals surface area contributed by atoms with Crippen molar-refractivity contribution in [1.82, 2.24) is 24.4 Å². The molecule has 1 unspecified atom stereocenters. The smallest absolute Gasteiger partial charge is 0.256 e. The van der Waals surface area contributed by atoms with Crippen molar-refractivity contribution in [3.8, 4) is 0 Å². The highest BCUT2D eigenvalue weighted by Crippen LogP contribution is 2.31. The normalized spacial score (nSPS) is 20.3. The lowest BCUT2D eigenvalue weighted by molar-refractivity contribution is 0.0704. The van der Waals surface area contributed by atoms with E-state index in [0.717, 1.165) is 49.7 Å². The number of carbonyl (C=O) groups is 1. The number of benzene rings is 1. The summed E-state index contributed by atoms with van der Waals surface area (Å²) < 4.78 is 2.33. The van der Waals surface area contributed by atoms with Crippen LogP contribution < -0.4 is 0 Å².